The zero-order valence-electron chi connectivity index (χ0n) is 12.2. The molecule has 2 N–H and O–H groups in total. The van der Waals surface area contributed by atoms with Gasteiger partial charge >= 0.3 is 0 Å². The molecule has 1 aromatic carbocycles. The Morgan fingerprint density at radius 2 is 2.10 bits per heavy atom. The molecule has 110 valence electrons. The van der Waals surface area contributed by atoms with Crippen molar-refractivity contribution in [1.29, 1.82) is 0 Å². The third kappa shape index (κ3) is 1.93. The molecule has 2 fully saturated rings. The van der Waals surface area contributed by atoms with Crippen molar-refractivity contribution in [1.82, 2.24) is 5.16 Å². The fraction of sp³-hybridized carbons (Fsp3) is 0.471. The Balaban J connectivity index is 1.81. The van der Waals surface area contributed by atoms with Crippen molar-refractivity contribution in [2.45, 2.75) is 31.6 Å². The van der Waals surface area contributed by atoms with Gasteiger partial charge in [0.25, 0.3) is 0 Å². The quantitative estimate of drug-likeness (QED) is 0.930. The van der Waals surface area contributed by atoms with Gasteiger partial charge in [-0.05, 0) is 37.2 Å². The van der Waals surface area contributed by atoms with Gasteiger partial charge in [-0.25, -0.2) is 0 Å². The number of hydrogen-bond donors (Lipinski definition) is 1. The minimum atomic E-state index is 0.466. The van der Waals surface area contributed by atoms with Gasteiger partial charge in [0, 0.05) is 11.5 Å². The maximum atomic E-state index is 6.10. The number of methoxy groups -OCH3 is 1. The number of ether oxygens (including phenoxy) is 1. The lowest BCUT2D eigenvalue weighted by Gasteiger charge is -2.20. The molecule has 2 aromatic rings. The van der Waals surface area contributed by atoms with E-state index in [0.29, 0.717) is 11.7 Å². The Kier molecular flexibility index (Phi) is 2.91. The Morgan fingerprint density at radius 1 is 1.24 bits per heavy atom. The second-order valence-electron chi connectivity index (χ2n) is 6.29. The first-order chi connectivity index (χ1) is 10.3. The number of anilines is 1. The monoisotopic (exact) mass is 284 g/mol. The van der Waals surface area contributed by atoms with Gasteiger partial charge in [0.15, 0.2) is 5.82 Å². The molecule has 4 rings (SSSR count). The zero-order chi connectivity index (χ0) is 14.4. The number of rotatable bonds is 3. The molecule has 1 aromatic heterocycles. The molecule has 2 bridgehead atoms. The van der Waals surface area contributed by atoms with E-state index in [1.807, 2.05) is 24.3 Å². The summed E-state index contributed by atoms with van der Waals surface area (Å²) in [6.07, 6.45) is 5.22. The smallest absolute Gasteiger partial charge is 0.175 e. The number of nitrogens with two attached hydrogens (primary N) is 1. The van der Waals surface area contributed by atoms with Gasteiger partial charge in [0.1, 0.15) is 11.5 Å². The fourth-order valence-corrected chi connectivity index (χ4v) is 4.26. The summed E-state index contributed by atoms with van der Waals surface area (Å²) in [6.45, 7) is 0. The van der Waals surface area contributed by atoms with Crippen LogP contribution in [0.15, 0.2) is 28.8 Å². The molecular formula is C17H20N2O2. The highest BCUT2D eigenvalue weighted by atomic mass is 16.5. The maximum absolute atomic E-state index is 6.10. The van der Waals surface area contributed by atoms with Gasteiger partial charge in [0.05, 0.1) is 12.7 Å². The molecule has 1 heterocycles. The van der Waals surface area contributed by atoms with Crippen LogP contribution >= 0.6 is 0 Å². The molecule has 2 aliphatic rings. The standard InChI is InChI=1S/C17H20N2O2/c1-20-14-5-3-2-4-12(14)15-16(21-19-17(15)18)13-9-10-6-7-11(13)8-10/h2-5,10-11,13H,6-9H2,1H3,(H2,18,19). The van der Waals surface area contributed by atoms with Crippen LogP contribution in [0.25, 0.3) is 11.1 Å². The number of hydrogen-bond acceptors (Lipinski definition) is 4. The van der Waals surface area contributed by atoms with Gasteiger partial charge in [0.2, 0.25) is 0 Å². The van der Waals surface area contributed by atoms with Crippen molar-refractivity contribution in [3.8, 4) is 16.9 Å². The van der Waals surface area contributed by atoms with Crippen LogP contribution in [-0.4, -0.2) is 12.3 Å². The molecule has 4 nitrogen and oxygen atoms in total. The molecule has 0 aliphatic heterocycles. The zero-order valence-corrected chi connectivity index (χ0v) is 12.2. The van der Waals surface area contributed by atoms with E-state index in [9.17, 15) is 0 Å². The number of benzene rings is 1. The number of nitrogen functional groups attached to an aromatic ring is 1. The lowest BCUT2D eigenvalue weighted by atomic mass is 9.84. The molecule has 0 radical (unpaired) electrons. The summed E-state index contributed by atoms with van der Waals surface area (Å²) in [6, 6.07) is 7.93. The van der Waals surface area contributed by atoms with Crippen molar-refractivity contribution in [2.75, 3.05) is 12.8 Å². The number of aromatic nitrogens is 1. The molecule has 3 unspecified atom stereocenters. The molecule has 2 aliphatic carbocycles. The average Bonchev–Trinajstić information content (AvgIpc) is 3.22. The fourth-order valence-electron chi connectivity index (χ4n) is 4.26. The van der Waals surface area contributed by atoms with Crippen LogP contribution in [0.4, 0.5) is 5.82 Å². The van der Waals surface area contributed by atoms with Crippen LogP contribution in [-0.2, 0) is 0 Å². The lowest BCUT2D eigenvalue weighted by molar-refractivity contribution is 0.311. The van der Waals surface area contributed by atoms with E-state index < -0.39 is 0 Å². The third-order valence-electron chi connectivity index (χ3n) is 5.20. The van der Waals surface area contributed by atoms with Crippen LogP contribution in [0, 0.1) is 11.8 Å². The second kappa shape index (κ2) is 4.79. The molecule has 0 amide bonds. The average molecular weight is 284 g/mol. The summed E-state index contributed by atoms with van der Waals surface area (Å²) in [7, 11) is 1.68. The number of fused-ring (bicyclic) bond motifs is 2. The highest BCUT2D eigenvalue weighted by molar-refractivity contribution is 5.80. The van der Waals surface area contributed by atoms with E-state index in [2.05, 4.69) is 5.16 Å². The maximum Gasteiger partial charge on any atom is 0.175 e. The Bertz CT molecular complexity index is 665. The van der Waals surface area contributed by atoms with Crippen molar-refractivity contribution in [3.63, 3.8) is 0 Å². The Hall–Kier alpha value is -1.97. The first-order valence-corrected chi connectivity index (χ1v) is 7.66. The van der Waals surface area contributed by atoms with Gasteiger partial charge in [-0.2, -0.15) is 0 Å². The summed E-state index contributed by atoms with van der Waals surface area (Å²) < 4.78 is 11.1. The highest BCUT2D eigenvalue weighted by Crippen LogP contribution is 2.55. The highest BCUT2D eigenvalue weighted by Gasteiger charge is 2.43. The molecular weight excluding hydrogens is 264 g/mol. The van der Waals surface area contributed by atoms with Gasteiger partial charge in [-0.1, -0.05) is 29.8 Å². The SMILES string of the molecule is COc1ccccc1-c1c(N)noc1C1CC2CCC1C2. The summed E-state index contributed by atoms with van der Waals surface area (Å²) in [4.78, 5) is 0. The first-order valence-electron chi connectivity index (χ1n) is 7.66. The minimum Gasteiger partial charge on any atom is -0.496 e. The molecule has 0 saturated heterocycles. The largest absolute Gasteiger partial charge is 0.496 e. The summed E-state index contributed by atoms with van der Waals surface area (Å²) in [5.74, 6) is 4.30. The molecule has 21 heavy (non-hydrogen) atoms. The topological polar surface area (TPSA) is 61.3 Å². The molecule has 0 spiro atoms. The summed E-state index contributed by atoms with van der Waals surface area (Å²) in [5, 5.41) is 4.04. The minimum absolute atomic E-state index is 0.466. The second-order valence-corrected chi connectivity index (χ2v) is 6.29. The Morgan fingerprint density at radius 3 is 2.81 bits per heavy atom. The van der Waals surface area contributed by atoms with E-state index in [0.717, 1.165) is 34.5 Å². The van der Waals surface area contributed by atoms with Gasteiger partial charge in [-0.3, -0.25) is 0 Å². The van der Waals surface area contributed by atoms with Crippen molar-refractivity contribution in [3.05, 3.63) is 30.0 Å². The van der Waals surface area contributed by atoms with E-state index in [1.54, 1.807) is 7.11 Å². The van der Waals surface area contributed by atoms with Crippen molar-refractivity contribution < 1.29 is 9.26 Å². The molecule has 3 atom stereocenters. The van der Waals surface area contributed by atoms with Crippen LogP contribution in [0.1, 0.15) is 37.4 Å². The van der Waals surface area contributed by atoms with E-state index in [-0.39, 0.29) is 0 Å². The Labute approximate surface area is 124 Å². The first kappa shape index (κ1) is 12.7. The number of nitrogens with zero attached hydrogens (tertiary/aromatic N) is 1. The molecule has 4 heteroatoms. The predicted molar refractivity (Wildman–Crippen MR) is 81.1 cm³/mol. The summed E-state index contributed by atoms with van der Waals surface area (Å²) in [5.41, 5.74) is 8.02. The van der Waals surface area contributed by atoms with E-state index >= 15 is 0 Å². The lowest BCUT2D eigenvalue weighted by Crippen LogP contribution is -2.09. The van der Waals surface area contributed by atoms with Crippen molar-refractivity contribution >= 4 is 5.82 Å². The van der Waals surface area contributed by atoms with Gasteiger partial charge < -0.3 is 15.0 Å². The normalized spacial score (nSPS) is 27.2. The third-order valence-corrected chi connectivity index (χ3v) is 5.20. The van der Waals surface area contributed by atoms with Gasteiger partial charge in [-0.15, -0.1) is 0 Å². The van der Waals surface area contributed by atoms with E-state index in [1.165, 1.54) is 25.7 Å². The summed E-state index contributed by atoms with van der Waals surface area (Å²) >= 11 is 0. The van der Waals surface area contributed by atoms with Crippen LogP contribution < -0.4 is 10.5 Å². The van der Waals surface area contributed by atoms with Crippen LogP contribution in [0.3, 0.4) is 0 Å². The van der Waals surface area contributed by atoms with Crippen LogP contribution in [0.2, 0.25) is 0 Å². The van der Waals surface area contributed by atoms with Crippen LogP contribution in [0.5, 0.6) is 5.75 Å². The molecule has 2 saturated carbocycles. The predicted octanol–water partition coefficient (Wildman–Crippen LogP) is 3.84. The number of para-hydroxylation sites is 1. The van der Waals surface area contributed by atoms with E-state index in [4.69, 9.17) is 15.0 Å². The van der Waals surface area contributed by atoms with Crippen molar-refractivity contribution in [2.24, 2.45) is 11.8 Å².